The van der Waals surface area contributed by atoms with Crippen molar-refractivity contribution in [1.82, 2.24) is 10.3 Å². The molecule has 6 nitrogen and oxygen atoms in total. The predicted octanol–water partition coefficient (Wildman–Crippen LogP) is 2.08. The molecule has 1 aliphatic rings. The number of carbonyl (C=O) groups is 2. The van der Waals surface area contributed by atoms with E-state index in [4.69, 9.17) is 0 Å². The van der Waals surface area contributed by atoms with Gasteiger partial charge in [0, 0.05) is 42.8 Å². The SMILES string of the molecule is CNCC(C)C(=O)Nc1ccc2c(c1)CCN2C(=O)c1cccnc1. The summed E-state index contributed by atoms with van der Waals surface area (Å²) in [5.74, 6) is -0.177. The van der Waals surface area contributed by atoms with E-state index in [9.17, 15) is 9.59 Å². The molecule has 0 fully saturated rings. The van der Waals surface area contributed by atoms with Crippen LogP contribution in [0.15, 0.2) is 42.7 Å². The molecule has 0 saturated carbocycles. The average molecular weight is 338 g/mol. The fourth-order valence-corrected chi connectivity index (χ4v) is 3.00. The van der Waals surface area contributed by atoms with Gasteiger partial charge in [-0.25, -0.2) is 0 Å². The predicted molar refractivity (Wildman–Crippen MR) is 97.8 cm³/mol. The summed E-state index contributed by atoms with van der Waals surface area (Å²) in [5.41, 5.74) is 3.31. The van der Waals surface area contributed by atoms with Gasteiger partial charge in [-0.05, 0) is 49.4 Å². The maximum atomic E-state index is 12.6. The van der Waals surface area contributed by atoms with E-state index in [1.807, 2.05) is 32.2 Å². The zero-order valence-electron chi connectivity index (χ0n) is 14.5. The Morgan fingerprint density at radius 2 is 2.16 bits per heavy atom. The molecular formula is C19H22N4O2. The molecule has 0 radical (unpaired) electrons. The molecule has 1 unspecified atom stereocenters. The van der Waals surface area contributed by atoms with E-state index in [0.717, 1.165) is 23.4 Å². The van der Waals surface area contributed by atoms with Crippen LogP contribution in [0.25, 0.3) is 0 Å². The van der Waals surface area contributed by atoms with Crippen molar-refractivity contribution in [2.24, 2.45) is 5.92 Å². The Labute approximate surface area is 147 Å². The number of amides is 2. The van der Waals surface area contributed by atoms with Gasteiger partial charge in [0.1, 0.15) is 0 Å². The van der Waals surface area contributed by atoms with Crippen LogP contribution < -0.4 is 15.5 Å². The largest absolute Gasteiger partial charge is 0.326 e. The van der Waals surface area contributed by atoms with Crippen molar-refractivity contribution in [3.05, 3.63) is 53.9 Å². The molecule has 0 aliphatic carbocycles. The fourth-order valence-electron chi connectivity index (χ4n) is 3.00. The highest BCUT2D eigenvalue weighted by molar-refractivity contribution is 6.07. The molecule has 0 saturated heterocycles. The van der Waals surface area contributed by atoms with Gasteiger partial charge in [-0.2, -0.15) is 0 Å². The Kier molecular flexibility index (Phi) is 5.09. The third-order valence-electron chi connectivity index (χ3n) is 4.35. The third kappa shape index (κ3) is 3.69. The Bertz CT molecular complexity index is 776. The summed E-state index contributed by atoms with van der Waals surface area (Å²) in [4.78, 5) is 30.6. The first kappa shape index (κ1) is 17.1. The molecule has 0 bridgehead atoms. The summed E-state index contributed by atoms with van der Waals surface area (Å²) in [6.07, 6.45) is 4.01. The minimum Gasteiger partial charge on any atom is -0.326 e. The maximum absolute atomic E-state index is 12.6. The van der Waals surface area contributed by atoms with Crippen LogP contribution in [0.4, 0.5) is 11.4 Å². The number of fused-ring (bicyclic) bond motifs is 1. The van der Waals surface area contributed by atoms with Crippen molar-refractivity contribution in [2.75, 3.05) is 30.4 Å². The van der Waals surface area contributed by atoms with Gasteiger partial charge in [0.05, 0.1) is 5.56 Å². The average Bonchev–Trinajstić information content (AvgIpc) is 3.05. The number of rotatable bonds is 5. The highest BCUT2D eigenvalue weighted by atomic mass is 16.2. The Balaban J connectivity index is 1.75. The summed E-state index contributed by atoms with van der Waals surface area (Å²) >= 11 is 0. The summed E-state index contributed by atoms with van der Waals surface area (Å²) in [6, 6.07) is 9.22. The smallest absolute Gasteiger partial charge is 0.259 e. The first-order valence-corrected chi connectivity index (χ1v) is 8.40. The van der Waals surface area contributed by atoms with Crippen LogP contribution in [0, 0.1) is 5.92 Å². The van der Waals surface area contributed by atoms with Crippen molar-refractivity contribution in [2.45, 2.75) is 13.3 Å². The second-order valence-electron chi connectivity index (χ2n) is 6.24. The second kappa shape index (κ2) is 7.44. The maximum Gasteiger partial charge on any atom is 0.259 e. The van der Waals surface area contributed by atoms with Crippen molar-refractivity contribution in [3.63, 3.8) is 0 Å². The summed E-state index contributed by atoms with van der Waals surface area (Å²) < 4.78 is 0. The molecule has 1 aromatic carbocycles. The lowest BCUT2D eigenvalue weighted by atomic mass is 10.1. The lowest BCUT2D eigenvalue weighted by molar-refractivity contribution is -0.119. The zero-order chi connectivity index (χ0) is 17.8. The molecule has 130 valence electrons. The number of aromatic nitrogens is 1. The Morgan fingerprint density at radius 1 is 1.32 bits per heavy atom. The molecule has 3 rings (SSSR count). The number of hydrogen-bond donors (Lipinski definition) is 2. The molecule has 2 heterocycles. The molecule has 1 atom stereocenters. The molecule has 2 N–H and O–H groups in total. The molecule has 1 aromatic heterocycles. The van der Waals surface area contributed by atoms with E-state index in [1.165, 1.54) is 0 Å². The normalized spacial score (nSPS) is 14.1. The summed E-state index contributed by atoms with van der Waals surface area (Å²) in [7, 11) is 1.83. The Hall–Kier alpha value is -2.73. The van der Waals surface area contributed by atoms with Gasteiger partial charge in [-0.3, -0.25) is 14.6 Å². The van der Waals surface area contributed by atoms with Crippen LogP contribution in [-0.4, -0.2) is 36.9 Å². The highest BCUT2D eigenvalue weighted by Crippen LogP contribution is 2.31. The van der Waals surface area contributed by atoms with Gasteiger partial charge in [-0.1, -0.05) is 6.92 Å². The van der Waals surface area contributed by atoms with Gasteiger partial charge in [0.15, 0.2) is 0 Å². The van der Waals surface area contributed by atoms with Crippen molar-refractivity contribution < 1.29 is 9.59 Å². The minimum absolute atomic E-state index is 0.0180. The fraction of sp³-hybridized carbons (Fsp3) is 0.316. The van der Waals surface area contributed by atoms with Crippen molar-refractivity contribution >= 4 is 23.2 Å². The number of hydrogen-bond acceptors (Lipinski definition) is 4. The molecule has 2 amide bonds. The van der Waals surface area contributed by atoms with Gasteiger partial charge in [-0.15, -0.1) is 0 Å². The van der Waals surface area contributed by atoms with E-state index in [1.54, 1.807) is 29.4 Å². The van der Waals surface area contributed by atoms with Gasteiger partial charge in [0.2, 0.25) is 5.91 Å². The van der Waals surface area contributed by atoms with Crippen LogP contribution in [0.2, 0.25) is 0 Å². The summed E-state index contributed by atoms with van der Waals surface area (Å²) in [6.45, 7) is 3.15. The monoisotopic (exact) mass is 338 g/mol. The van der Waals surface area contributed by atoms with E-state index in [0.29, 0.717) is 18.7 Å². The molecule has 1 aliphatic heterocycles. The lowest BCUT2D eigenvalue weighted by Crippen LogP contribution is -2.29. The molecule has 0 spiro atoms. The second-order valence-corrected chi connectivity index (χ2v) is 6.24. The first-order chi connectivity index (χ1) is 12.1. The molecule has 25 heavy (non-hydrogen) atoms. The molecule has 2 aromatic rings. The van der Waals surface area contributed by atoms with E-state index >= 15 is 0 Å². The van der Waals surface area contributed by atoms with Gasteiger partial charge < -0.3 is 15.5 Å². The molecule has 6 heteroatoms. The summed E-state index contributed by atoms with van der Waals surface area (Å²) in [5, 5.41) is 5.94. The number of nitrogens with zero attached hydrogens (tertiary/aromatic N) is 2. The van der Waals surface area contributed by atoms with Crippen LogP contribution >= 0.6 is 0 Å². The zero-order valence-corrected chi connectivity index (χ0v) is 14.5. The standard InChI is InChI=1S/C19H22N4O2/c1-13(11-20-2)18(24)22-16-5-6-17-14(10-16)7-9-23(17)19(25)15-4-3-8-21-12-15/h3-6,8,10,12-13,20H,7,9,11H2,1-2H3,(H,22,24). The number of nitrogens with one attached hydrogen (secondary N) is 2. The van der Waals surface area contributed by atoms with E-state index in [2.05, 4.69) is 15.6 Å². The van der Waals surface area contributed by atoms with Crippen molar-refractivity contribution in [1.29, 1.82) is 0 Å². The van der Waals surface area contributed by atoms with Crippen molar-refractivity contribution in [3.8, 4) is 0 Å². The third-order valence-corrected chi connectivity index (χ3v) is 4.35. The first-order valence-electron chi connectivity index (χ1n) is 8.40. The highest BCUT2D eigenvalue weighted by Gasteiger charge is 2.26. The van der Waals surface area contributed by atoms with Gasteiger partial charge in [0.25, 0.3) is 5.91 Å². The quantitative estimate of drug-likeness (QED) is 0.875. The molecular weight excluding hydrogens is 316 g/mol. The lowest BCUT2D eigenvalue weighted by Gasteiger charge is -2.18. The van der Waals surface area contributed by atoms with Crippen LogP contribution in [0.5, 0.6) is 0 Å². The number of carbonyl (C=O) groups excluding carboxylic acids is 2. The van der Waals surface area contributed by atoms with Crippen LogP contribution in [0.3, 0.4) is 0 Å². The van der Waals surface area contributed by atoms with E-state index in [-0.39, 0.29) is 17.7 Å². The number of anilines is 2. The topological polar surface area (TPSA) is 74.3 Å². The minimum atomic E-state index is -0.109. The number of benzene rings is 1. The van der Waals surface area contributed by atoms with Crippen LogP contribution in [0.1, 0.15) is 22.8 Å². The van der Waals surface area contributed by atoms with E-state index < -0.39 is 0 Å². The van der Waals surface area contributed by atoms with Gasteiger partial charge >= 0.3 is 0 Å². The Morgan fingerprint density at radius 3 is 2.88 bits per heavy atom. The number of pyridine rings is 1. The van der Waals surface area contributed by atoms with Crippen LogP contribution in [-0.2, 0) is 11.2 Å².